The summed E-state index contributed by atoms with van der Waals surface area (Å²) in [6.07, 6.45) is 2.21. The Bertz CT molecular complexity index is 165. The van der Waals surface area contributed by atoms with Crippen LogP contribution in [0.15, 0.2) is 0 Å². The van der Waals surface area contributed by atoms with Gasteiger partial charge in [0, 0.05) is 17.3 Å². The molecule has 1 aliphatic carbocycles. The number of carbonyl (C=O) groups excluding carboxylic acids is 1. The van der Waals surface area contributed by atoms with Crippen LogP contribution >= 0.6 is 11.6 Å². The summed E-state index contributed by atoms with van der Waals surface area (Å²) in [6.45, 7) is 3.90. The molecule has 1 atom stereocenters. The van der Waals surface area contributed by atoms with Crippen LogP contribution in [0.25, 0.3) is 0 Å². The molecule has 0 saturated heterocycles. The van der Waals surface area contributed by atoms with Crippen LogP contribution in [0.3, 0.4) is 0 Å². The van der Waals surface area contributed by atoms with E-state index in [1.807, 2.05) is 6.92 Å². The van der Waals surface area contributed by atoms with E-state index in [9.17, 15) is 4.79 Å². The Morgan fingerprint density at radius 1 is 1.73 bits per heavy atom. The highest BCUT2D eigenvalue weighted by atomic mass is 35.5. The van der Waals surface area contributed by atoms with Crippen molar-refractivity contribution >= 4 is 17.5 Å². The highest BCUT2D eigenvalue weighted by molar-refractivity contribution is 6.19. The maximum absolute atomic E-state index is 11.2. The van der Waals surface area contributed by atoms with Gasteiger partial charge in [0.05, 0.1) is 0 Å². The monoisotopic (exact) mass is 175 g/mol. The molecule has 2 nitrogen and oxygen atoms in total. The maximum Gasteiger partial charge on any atom is 0.224 e. The summed E-state index contributed by atoms with van der Waals surface area (Å²) in [5.41, 5.74) is 0.0946. The van der Waals surface area contributed by atoms with E-state index in [4.69, 9.17) is 11.6 Å². The lowest BCUT2D eigenvalue weighted by atomic mass is 10.2. The van der Waals surface area contributed by atoms with Crippen molar-refractivity contribution in [2.75, 3.05) is 5.88 Å². The van der Waals surface area contributed by atoms with Gasteiger partial charge in [-0.25, -0.2) is 0 Å². The summed E-state index contributed by atoms with van der Waals surface area (Å²) in [7, 11) is 0. The fraction of sp³-hybridized carbons (Fsp3) is 0.875. The number of nitrogens with one attached hydrogen (secondary N) is 1. The number of carbonyl (C=O) groups is 1. The van der Waals surface area contributed by atoms with E-state index in [0.29, 0.717) is 5.88 Å². The lowest BCUT2D eigenvalue weighted by Crippen LogP contribution is -2.38. The van der Waals surface area contributed by atoms with E-state index in [1.54, 1.807) is 0 Å². The third-order valence-corrected chi connectivity index (χ3v) is 2.57. The van der Waals surface area contributed by atoms with Crippen LogP contribution in [-0.4, -0.2) is 17.3 Å². The zero-order valence-corrected chi connectivity index (χ0v) is 7.74. The van der Waals surface area contributed by atoms with Crippen molar-refractivity contribution in [2.24, 2.45) is 5.92 Å². The fourth-order valence-corrected chi connectivity index (χ4v) is 0.943. The minimum absolute atomic E-state index is 0.0610. The Morgan fingerprint density at radius 2 is 2.27 bits per heavy atom. The molecular formula is C8H14ClNO. The molecule has 3 heteroatoms. The van der Waals surface area contributed by atoms with Gasteiger partial charge in [0.1, 0.15) is 0 Å². The van der Waals surface area contributed by atoms with Gasteiger partial charge in [0.15, 0.2) is 0 Å². The molecule has 1 N–H and O–H groups in total. The molecule has 1 unspecified atom stereocenters. The van der Waals surface area contributed by atoms with E-state index in [2.05, 4.69) is 12.2 Å². The first kappa shape index (κ1) is 8.85. The first-order valence-corrected chi connectivity index (χ1v) is 4.49. The van der Waals surface area contributed by atoms with Crippen molar-refractivity contribution in [3.05, 3.63) is 0 Å². The Balaban J connectivity index is 2.31. The van der Waals surface area contributed by atoms with Crippen LogP contribution in [-0.2, 0) is 4.79 Å². The number of alkyl halides is 1. The normalized spacial score (nSPS) is 22.5. The van der Waals surface area contributed by atoms with Crippen LogP contribution in [0.4, 0.5) is 0 Å². The summed E-state index contributed by atoms with van der Waals surface area (Å²) in [4.78, 5) is 11.2. The Labute approximate surface area is 72.3 Å². The van der Waals surface area contributed by atoms with Gasteiger partial charge in [-0.15, -0.1) is 11.6 Å². The first-order valence-electron chi connectivity index (χ1n) is 3.95. The lowest BCUT2D eigenvalue weighted by Gasteiger charge is -2.14. The second kappa shape index (κ2) is 3.02. The molecule has 0 radical (unpaired) electrons. The average molecular weight is 176 g/mol. The predicted octanol–water partition coefficient (Wildman–Crippen LogP) is 1.53. The van der Waals surface area contributed by atoms with Gasteiger partial charge < -0.3 is 5.32 Å². The summed E-state index contributed by atoms with van der Waals surface area (Å²) in [6, 6.07) is 0. The van der Waals surface area contributed by atoms with Gasteiger partial charge in [0.2, 0.25) is 5.91 Å². The second-order valence-electron chi connectivity index (χ2n) is 3.61. The van der Waals surface area contributed by atoms with Crippen LogP contribution in [0.2, 0.25) is 0 Å². The van der Waals surface area contributed by atoms with Crippen molar-refractivity contribution in [3.63, 3.8) is 0 Å². The van der Waals surface area contributed by atoms with Crippen LogP contribution in [0.5, 0.6) is 0 Å². The van der Waals surface area contributed by atoms with Crippen molar-refractivity contribution in [2.45, 2.75) is 32.2 Å². The standard InChI is InChI=1S/C8H14ClNO/c1-6(5-9)7(11)10-8(2)3-4-8/h6H,3-5H2,1-2H3,(H,10,11). The van der Waals surface area contributed by atoms with Crippen molar-refractivity contribution in [3.8, 4) is 0 Å². The molecule has 1 saturated carbocycles. The topological polar surface area (TPSA) is 29.1 Å². The first-order chi connectivity index (χ1) is 5.07. The second-order valence-corrected chi connectivity index (χ2v) is 3.91. The SMILES string of the molecule is CC(CCl)C(=O)NC1(C)CC1. The average Bonchev–Trinajstić information content (AvgIpc) is 2.66. The molecule has 0 aromatic heterocycles. The number of rotatable bonds is 3. The molecule has 1 fully saturated rings. The summed E-state index contributed by atoms with van der Waals surface area (Å²) in [5, 5.41) is 2.96. The third-order valence-electron chi connectivity index (χ3n) is 2.10. The van der Waals surface area contributed by atoms with Crippen molar-refractivity contribution < 1.29 is 4.79 Å². The van der Waals surface area contributed by atoms with Gasteiger partial charge in [-0.2, -0.15) is 0 Å². The van der Waals surface area contributed by atoms with Gasteiger partial charge in [-0.05, 0) is 19.8 Å². The molecule has 0 bridgehead atoms. The molecule has 64 valence electrons. The summed E-state index contributed by atoms with van der Waals surface area (Å²) in [5.74, 6) is 0.427. The van der Waals surface area contributed by atoms with Gasteiger partial charge >= 0.3 is 0 Å². The highest BCUT2D eigenvalue weighted by Crippen LogP contribution is 2.34. The Hall–Kier alpha value is -0.240. The Kier molecular flexibility index (Phi) is 2.43. The number of halogens is 1. The van der Waals surface area contributed by atoms with Gasteiger partial charge in [-0.3, -0.25) is 4.79 Å². The molecule has 0 aromatic carbocycles. The minimum Gasteiger partial charge on any atom is -0.351 e. The zero-order valence-electron chi connectivity index (χ0n) is 6.98. The molecule has 1 amide bonds. The highest BCUT2D eigenvalue weighted by Gasteiger charge is 2.39. The molecule has 0 aromatic rings. The number of amides is 1. The van der Waals surface area contributed by atoms with E-state index in [-0.39, 0.29) is 17.4 Å². The van der Waals surface area contributed by atoms with E-state index < -0.39 is 0 Å². The van der Waals surface area contributed by atoms with E-state index in [0.717, 1.165) is 12.8 Å². The molecule has 1 rings (SSSR count). The van der Waals surface area contributed by atoms with Gasteiger partial charge in [-0.1, -0.05) is 6.92 Å². The van der Waals surface area contributed by atoms with Crippen LogP contribution in [0, 0.1) is 5.92 Å². The predicted molar refractivity (Wildman–Crippen MR) is 45.7 cm³/mol. The molecule has 0 heterocycles. The smallest absolute Gasteiger partial charge is 0.224 e. The van der Waals surface area contributed by atoms with E-state index >= 15 is 0 Å². The van der Waals surface area contributed by atoms with E-state index in [1.165, 1.54) is 0 Å². The quantitative estimate of drug-likeness (QED) is 0.648. The van der Waals surface area contributed by atoms with Gasteiger partial charge in [0.25, 0.3) is 0 Å². The molecule has 11 heavy (non-hydrogen) atoms. The Morgan fingerprint density at radius 3 is 2.64 bits per heavy atom. The van der Waals surface area contributed by atoms with Crippen LogP contribution < -0.4 is 5.32 Å². The summed E-state index contributed by atoms with van der Waals surface area (Å²) >= 11 is 5.54. The maximum atomic E-state index is 11.2. The number of hydrogen-bond donors (Lipinski definition) is 1. The minimum atomic E-state index is -0.0610. The third kappa shape index (κ3) is 2.37. The molecular weight excluding hydrogens is 162 g/mol. The van der Waals surface area contributed by atoms with Crippen molar-refractivity contribution in [1.82, 2.24) is 5.32 Å². The van der Waals surface area contributed by atoms with Crippen LogP contribution in [0.1, 0.15) is 26.7 Å². The van der Waals surface area contributed by atoms with Crippen molar-refractivity contribution in [1.29, 1.82) is 0 Å². The number of hydrogen-bond acceptors (Lipinski definition) is 1. The lowest BCUT2D eigenvalue weighted by molar-refractivity contribution is -0.124. The largest absolute Gasteiger partial charge is 0.351 e. The molecule has 0 spiro atoms. The fourth-order valence-electron chi connectivity index (χ4n) is 0.803. The summed E-state index contributed by atoms with van der Waals surface area (Å²) < 4.78 is 0. The molecule has 1 aliphatic rings. The zero-order chi connectivity index (χ0) is 8.48. The molecule has 0 aliphatic heterocycles.